The van der Waals surface area contributed by atoms with E-state index in [2.05, 4.69) is 5.32 Å². The summed E-state index contributed by atoms with van der Waals surface area (Å²) in [5, 5.41) is 2.77. The molecule has 0 aromatic heterocycles. The molecule has 0 saturated heterocycles. The number of allylic oxidation sites excluding steroid dienone is 1. The highest BCUT2D eigenvalue weighted by atomic mass is 16.6. The minimum absolute atomic E-state index is 0.231. The number of rotatable bonds is 6. The predicted molar refractivity (Wildman–Crippen MR) is 83.1 cm³/mol. The number of hydrogen-bond acceptors (Lipinski definition) is 3. The molecule has 0 spiro atoms. The molecule has 0 radical (unpaired) electrons. The van der Waals surface area contributed by atoms with E-state index in [4.69, 9.17) is 4.74 Å². The molecule has 4 nitrogen and oxygen atoms in total. The van der Waals surface area contributed by atoms with Crippen LogP contribution in [0.4, 0.5) is 4.79 Å². The summed E-state index contributed by atoms with van der Waals surface area (Å²) < 4.78 is 5.23. The van der Waals surface area contributed by atoms with E-state index >= 15 is 0 Å². The minimum atomic E-state index is -0.539. The molecule has 0 aliphatic rings. The number of aldehydes is 1. The molecule has 0 aliphatic carbocycles. The monoisotopic (exact) mass is 289 g/mol. The summed E-state index contributed by atoms with van der Waals surface area (Å²) >= 11 is 0. The van der Waals surface area contributed by atoms with Gasteiger partial charge in [-0.2, -0.15) is 0 Å². The van der Waals surface area contributed by atoms with Crippen LogP contribution in [0.2, 0.25) is 0 Å². The van der Waals surface area contributed by atoms with Gasteiger partial charge in [-0.25, -0.2) is 4.79 Å². The zero-order valence-corrected chi connectivity index (χ0v) is 12.8. The minimum Gasteiger partial charge on any atom is -0.444 e. The molecule has 21 heavy (non-hydrogen) atoms. The fourth-order valence-electron chi connectivity index (χ4n) is 1.82. The second-order valence-corrected chi connectivity index (χ2v) is 5.80. The van der Waals surface area contributed by atoms with Crippen LogP contribution in [0.3, 0.4) is 0 Å². The highest BCUT2D eigenvalue weighted by Crippen LogP contribution is 2.09. The Morgan fingerprint density at radius 3 is 2.52 bits per heavy atom. The van der Waals surface area contributed by atoms with E-state index in [1.54, 1.807) is 6.08 Å². The van der Waals surface area contributed by atoms with Crippen LogP contribution in [-0.2, 0) is 16.0 Å². The largest absolute Gasteiger partial charge is 0.444 e. The molecule has 4 heteroatoms. The van der Waals surface area contributed by atoms with Gasteiger partial charge in [-0.15, -0.1) is 0 Å². The summed E-state index contributed by atoms with van der Waals surface area (Å²) in [4.78, 5) is 22.3. The van der Waals surface area contributed by atoms with Gasteiger partial charge in [0.25, 0.3) is 0 Å². The topological polar surface area (TPSA) is 55.4 Å². The van der Waals surface area contributed by atoms with Gasteiger partial charge in [0.15, 0.2) is 0 Å². The van der Waals surface area contributed by atoms with Crippen molar-refractivity contribution in [3.8, 4) is 0 Å². The second kappa shape index (κ2) is 8.25. The summed E-state index contributed by atoms with van der Waals surface area (Å²) in [7, 11) is 0. The maximum absolute atomic E-state index is 11.8. The molecule has 1 aromatic carbocycles. The molecule has 0 fully saturated rings. The molecule has 0 saturated carbocycles. The van der Waals surface area contributed by atoms with Crippen LogP contribution in [0.1, 0.15) is 32.8 Å². The van der Waals surface area contributed by atoms with Gasteiger partial charge in [-0.1, -0.05) is 36.4 Å². The first-order valence-corrected chi connectivity index (χ1v) is 7.06. The van der Waals surface area contributed by atoms with Crippen LogP contribution in [0.5, 0.6) is 0 Å². The number of benzene rings is 1. The lowest BCUT2D eigenvalue weighted by Crippen LogP contribution is -2.38. The fourth-order valence-corrected chi connectivity index (χ4v) is 1.82. The summed E-state index contributed by atoms with van der Waals surface area (Å²) in [5.74, 6) is 0. The molecule has 1 atom stereocenters. The fraction of sp³-hybridized carbons (Fsp3) is 0.412. The first-order chi connectivity index (χ1) is 9.90. The lowest BCUT2D eigenvalue weighted by Gasteiger charge is -2.22. The van der Waals surface area contributed by atoms with E-state index in [-0.39, 0.29) is 6.04 Å². The number of ether oxygens (including phenoxy) is 1. The average Bonchev–Trinajstić information content (AvgIpc) is 2.41. The molecule has 1 aromatic rings. The van der Waals surface area contributed by atoms with Gasteiger partial charge in [-0.3, -0.25) is 4.79 Å². The van der Waals surface area contributed by atoms with Crippen LogP contribution in [-0.4, -0.2) is 24.0 Å². The molecular weight excluding hydrogens is 266 g/mol. The Bertz CT molecular complexity index is 475. The van der Waals surface area contributed by atoms with Crippen molar-refractivity contribution in [3.63, 3.8) is 0 Å². The summed E-state index contributed by atoms with van der Waals surface area (Å²) in [5.41, 5.74) is 0.649. The van der Waals surface area contributed by atoms with Gasteiger partial charge in [0.1, 0.15) is 11.9 Å². The summed E-state index contributed by atoms with van der Waals surface area (Å²) in [6.07, 6.45) is 4.81. The van der Waals surface area contributed by atoms with E-state index in [0.717, 1.165) is 6.42 Å². The number of nitrogens with one attached hydrogen (secondary N) is 1. The van der Waals surface area contributed by atoms with Crippen molar-refractivity contribution < 1.29 is 14.3 Å². The third kappa shape index (κ3) is 7.92. The normalized spacial score (nSPS) is 12.9. The van der Waals surface area contributed by atoms with E-state index in [9.17, 15) is 9.59 Å². The smallest absolute Gasteiger partial charge is 0.408 e. The lowest BCUT2D eigenvalue weighted by atomic mass is 10.1. The third-order valence-corrected chi connectivity index (χ3v) is 2.71. The first-order valence-electron chi connectivity index (χ1n) is 7.06. The number of carbonyl (C=O) groups is 2. The predicted octanol–water partition coefficient (Wildman–Crippen LogP) is 3.27. The highest BCUT2D eigenvalue weighted by Gasteiger charge is 2.18. The quantitative estimate of drug-likeness (QED) is 0.646. The Morgan fingerprint density at radius 1 is 1.29 bits per heavy atom. The van der Waals surface area contributed by atoms with Gasteiger partial charge in [0.05, 0.1) is 6.04 Å². The number of alkyl carbamates (subject to hydrolysis) is 1. The maximum atomic E-state index is 11.8. The van der Waals surface area contributed by atoms with E-state index < -0.39 is 11.7 Å². The Balaban J connectivity index is 2.57. The Hall–Kier alpha value is -2.10. The van der Waals surface area contributed by atoms with Crippen LogP contribution in [0, 0.1) is 0 Å². The third-order valence-electron chi connectivity index (χ3n) is 2.71. The molecule has 0 unspecified atom stereocenters. The van der Waals surface area contributed by atoms with Crippen molar-refractivity contribution in [3.05, 3.63) is 48.0 Å². The summed E-state index contributed by atoms with van der Waals surface area (Å²) in [6, 6.07) is 9.76. The summed E-state index contributed by atoms with van der Waals surface area (Å²) in [6.45, 7) is 5.44. The molecule has 0 aliphatic heterocycles. The molecule has 1 N–H and O–H groups in total. The molecule has 0 bridgehead atoms. The van der Waals surface area contributed by atoms with Gasteiger partial charge >= 0.3 is 6.09 Å². The molecule has 114 valence electrons. The number of carbonyl (C=O) groups excluding carboxylic acids is 2. The van der Waals surface area contributed by atoms with Gasteiger partial charge in [0, 0.05) is 0 Å². The van der Waals surface area contributed by atoms with Crippen molar-refractivity contribution in [2.75, 3.05) is 0 Å². The standard InChI is InChI=1S/C17H23NO3/c1-17(2,3)21-16(20)18-15(10-7-13-19)12-11-14-8-5-4-6-9-14/h4-10,13,15H,11-12H2,1-3H3,(H,18,20)/b10-7+/t15-/m1/s1. The first kappa shape index (κ1) is 17.0. The van der Waals surface area contributed by atoms with Gasteiger partial charge < -0.3 is 10.1 Å². The molecule has 1 amide bonds. The zero-order valence-electron chi connectivity index (χ0n) is 12.8. The number of amides is 1. The Morgan fingerprint density at radius 2 is 1.95 bits per heavy atom. The van der Waals surface area contributed by atoms with Gasteiger partial charge in [0.2, 0.25) is 0 Å². The highest BCUT2D eigenvalue weighted by molar-refractivity contribution is 5.69. The van der Waals surface area contributed by atoms with Crippen LogP contribution < -0.4 is 5.32 Å². The Kier molecular flexibility index (Phi) is 6.66. The van der Waals surface area contributed by atoms with Crippen LogP contribution in [0.15, 0.2) is 42.5 Å². The van der Waals surface area contributed by atoms with Crippen molar-refractivity contribution in [1.82, 2.24) is 5.32 Å². The van der Waals surface area contributed by atoms with Crippen molar-refractivity contribution in [1.29, 1.82) is 0 Å². The van der Waals surface area contributed by atoms with Crippen LogP contribution in [0.25, 0.3) is 0 Å². The second-order valence-electron chi connectivity index (χ2n) is 5.80. The molecular formula is C17H23NO3. The Labute approximate surface area is 126 Å². The van der Waals surface area contributed by atoms with E-state index in [1.807, 2.05) is 51.1 Å². The van der Waals surface area contributed by atoms with E-state index in [0.29, 0.717) is 12.7 Å². The number of hydrogen-bond donors (Lipinski definition) is 1. The lowest BCUT2D eigenvalue weighted by molar-refractivity contribution is -0.104. The molecule has 1 rings (SSSR count). The van der Waals surface area contributed by atoms with Crippen molar-refractivity contribution in [2.45, 2.75) is 45.3 Å². The SMILES string of the molecule is CC(C)(C)OC(=O)N[C@H](/C=C/C=O)CCc1ccccc1. The number of aryl methyl sites for hydroxylation is 1. The van der Waals surface area contributed by atoms with Crippen molar-refractivity contribution in [2.24, 2.45) is 0 Å². The maximum Gasteiger partial charge on any atom is 0.408 e. The van der Waals surface area contributed by atoms with Gasteiger partial charge in [-0.05, 0) is 45.3 Å². The van der Waals surface area contributed by atoms with Crippen LogP contribution >= 0.6 is 0 Å². The van der Waals surface area contributed by atoms with E-state index in [1.165, 1.54) is 11.6 Å². The molecule has 0 heterocycles. The zero-order chi connectivity index (χ0) is 15.7. The van der Waals surface area contributed by atoms with Crippen molar-refractivity contribution >= 4 is 12.4 Å². The average molecular weight is 289 g/mol.